The maximum atomic E-state index is 12.1. The summed E-state index contributed by atoms with van der Waals surface area (Å²) >= 11 is 4.51. The highest BCUT2D eigenvalue weighted by Gasteiger charge is 2.36. The van der Waals surface area contributed by atoms with Gasteiger partial charge in [-0.05, 0) is 28.1 Å². The molecule has 0 atom stereocenters. The molecule has 0 spiro atoms. The predicted molar refractivity (Wildman–Crippen MR) is 80.3 cm³/mol. The molecular weight excluding hydrogens is 358 g/mol. The number of nitrogens with one attached hydrogen (secondary N) is 1. The van der Waals surface area contributed by atoms with Crippen LogP contribution in [0.5, 0.6) is 0 Å². The van der Waals surface area contributed by atoms with E-state index in [-0.39, 0.29) is 6.54 Å². The Morgan fingerprint density at radius 1 is 1.24 bits per heavy atom. The lowest BCUT2D eigenvalue weighted by molar-refractivity contribution is -0.116. The van der Waals surface area contributed by atoms with E-state index in [2.05, 4.69) is 26.2 Å². The van der Waals surface area contributed by atoms with Gasteiger partial charge in [-0.2, -0.15) is 0 Å². The molecule has 6 nitrogen and oxygen atoms in total. The SMILES string of the molecule is O=C(CN1C(=O)c2ccccc2C1=O)Nc1csc(Br)n1. The molecule has 1 N–H and O–H groups in total. The lowest BCUT2D eigenvalue weighted by Gasteiger charge is -2.12. The maximum Gasteiger partial charge on any atom is 0.262 e. The monoisotopic (exact) mass is 365 g/mol. The minimum atomic E-state index is -0.470. The molecule has 1 aliphatic rings. The molecule has 1 aliphatic heterocycles. The molecule has 2 aromatic rings. The van der Waals surface area contributed by atoms with Gasteiger partial charge in [-0.1, -0.05) is 12.1 Å². The summed E-state index contributed by atoms with van der Waals surface area (Å²) in [7, 11) is 0. The minimum absolute atomic E-state index is 0.326. The van der Waals surface area contributed by atoms with Crippen LogP contribution in [0.3, 0.4) is 0 Å². The number of aromatic nitrogens is 1. The Hall–Kier alpha value is -2.06. The van der Waals surface area contributed by atoms with Crippen molar-refractivity contribution in [3.63, 3.8) is 0 Å². The molecule has 8 heteroatoms. The Morgan fingerprint density at radius 2 is 1.86 bits per heavy atom. The van der Waals surface area contributed by atoms with E-state index in [1.807, 2.05) is 0 Å². The summed E-state index contributed by atoms with van der Waals surface area (Å²) in [6.07, 6.45) is 0. The van der Waals surface area contributed by atoms with Crippen LogP contribution in [-0.4, -0.2) is 34.2 Å². The molecular formula is C13H8BrN3O3S. The first kappa shape index (κ1) is 13.9. The van der Waals surface area contributed by atoms with Gasteiger partial charge in [0.25, 0.3) is 11.8 Å². The van der Waals surface area contributed by atoms with Crippen LogP contribution in [0.2, 0.25) is 0 Å². The van der Waals surface area contributed by atoms with Gasteiger partial charge in [-0.25, -0.2) is 4.98 Å². The average molecular weight is 366 g/mol. The zero-order chi connectivity index (χ0) is 15.0. The quantitative estimate of drug-likeness (QED) is 0.845. The maximum absolute atomic E-state index is 12.1. The smallest absolute Gasteiger partial charge is 0.262 e. The number of fused-ring (bicyclic) bond motifs is 1. The topological polar surface area (TPSA) is 79.4 Å². The Labute approximate surface area is 131 Å². The van der Waals surface area contributed by atoms with Crippen LogP contribution in [0.25, 0.3) is 0 Å². The number of hydrogen-bond donors (Lipinski definition) is 1. The van der Waals surface area contributed by atoms with E-state index < -0.39 is 17.7 Å². The molecule has 1 aromatic heterocycles. The van der Waals surface area contributed by atoms with Crippen LogP contribution < -0.4 is 5.32 Å². The first-order chi connectivity index (χ1) is 10.1. The van der Waals surface area contributed by atoms with Crippen molar-refractivity contribution in [2.24, 2.45) is 0 Å². The second kappa shape index (κ2) is 5.38. The zero-order valence-electron chi connectivity index (χ0n) is 10.5. The van der Waals surface area contributed by atoms with Crippen molar-refractivity contribution in [2.75, 3.05) is 11.9 Å². The number of benzene rings is 1. The Morgan fingerprint density at radius 3 is 2.38 bits per heavy atom. The molecule has 0 saturated heterocycles. The molecule has 2 heterocycles. The molecule has 3 amide bonds. The fourth-order valence-corrected chi connectivity index (χ4v) is 2.96. The van der Waals surface area contributed by atoms with Crippen molar-refractivity contribution in [3.8, 4) is 0 Å². The van der Waals surface area contributed by atoms with Gasteiger partial charge in [0.1, 0.15) is 12.4 Å². The van der Waals surface area contributed by atoms with Crippen LogP contribution >= 0.6 is 27.3 Å². The standard InChI is InChI=1S/C13H8BrN3O3S/c14-13-16-9(6-21-13)15-10(18)5-17-11(19)7-3-1-2-4-8(7)12(17)20/h1-4,6H,5H2,(H,15,18). The normalized spacial score (nSPS) is 13.5. The van der Waals surface area contributed by atoms with Gasteiger partial charge in [0.05, 0.1) is 11.1 Å². The van der Waals surface area contributed by atoms with E-state index in [4.69, 9.17) is 0 Å². The van der Waals surface area contributed by atoms with Gasteiger partial charge in [0, 0.05) is 5.38 Å². The summed E-state index contributed by atoms with van der Waals surface area (Å²) in [4.78, 5) is 41.1. The molecule has 0 fully saturated rings. The minimum Gasteiger partial charge on any atom is -0.308 e. The fraction of sp³-hybridized carbons (Fsp3) is 0.0769. The largest absolute Gasteiger partial charge is 0.308 e. The third kappa shape index (κ3) is 2.59. The summed E-state index contributed by atoms with van der Waals surface area (Å²) in [6.45, 7) is -0.332. The van der Waals surface area contributed by atoms with Crippen molar-refractivity contribution in [3.05, 3.63) is 44.7 Å². The van der Waals surface area contributed by atoms with Crippen LogP contribution in [0.1, 0.15) is 20.7 Å². The number of nitrogens with zero attached hydrogens (tertiary/aromatic N) is 2. The third-order valence-corrected chi connectivity index (χ3v) is 4.29. The average Bonchev–Trinajstić information content (AvgIpc) is 2.97. The van der Waals surface area contributed by atoms with Gasteiger partial charge >= 0.3 is 0 Å². The molecule has 21 heavy (non-hydrogen) atoms. The summed E-state index contributed by atoms with van der Waals surface area (Å²) in [6, 6.07) is 6.51. The number of anilines is 1. The van der Waals surface area contributed by atoms with Crippen molar-refractivity contribution in [1.82, 2.24) is 9.88 Å². The van der Waals surface area contributed by atoms with Gasteiger partial charge in [-0.3, -0.25) is 19.3 Å². The van der Waals surface area contributed by atoms with Crippen molar-refractivity contribution in [1.29, 1.82) is 0 Å². The second-order valence-corrected chi connectivity index (χ2v) is 6.41. The van der Waals surface area contributed by atoms with E-state index in [9.17, 15) is 14.4 Å². The number of imide groups is 1. The summed E-state index contributed by atoms with van der Waals surface area (Å²) in [5.74, 6) is -0.994. The summed E-state index contributed by atoms with van der Waals surface area (Å²) in [5, 5.41) is 4.20. The van der Waals surface area contributed by atoms with Crippen LogP contribution in [-0.2, 0) is 4.79 Å². The highest BCUT2D eigenvalue weighted by atomic mass is 79.9. The first-order valence-corrected chi connectivity index (χ1v) is 7.59. The van der Waals surface area contributed by atoms with Gasteiger partial charge < -0.3 is 5.32 Å². The number of carbonyl (C=O) groups is 3. The van der Waals surface area contributed by atoms with Crippen molar-refractivity contribution < 1.29 is 14.4 Å². The Balaban J connectivity index is 1.73. The summed E-state index contributed by atoms with van der Waals surface area (Å²) in [5.41, 5.74) is 0.651. The second-order valence-electron chi connectivity index (χ2n) is 4.28. The molecule has 0 saturated carbocycles. The van der Waals surface area contributed by atoms with Gasteiger partial charge in [-0.15, -0.1) is 11.3 Å². The number of rotatable bonds is 3. The lowest BCUT2D eigenvalue weighted by Crippen LogP contribution is -2.37. The molecule has 3 rings (SSSR count). The number of amides is 3. The molecule has 0 aliphatic carbocycles. The number of hydrogen-bond acceptors (Lipinski definition) is 5. The van der Waals surface area contributed by atoms with E-state index in [0.29, 0.717) is 20.9 Å². The van der Waals surface area contributed by atoms with Gasteiger partial charge in [0.15, 0.2) is 3.92 Å². The predicted octanol–water partition coefficient (Wildman–Crippen LogP) is 2.14. The van der Waals surface area contributed by atoms with Gasteiger partial charge in [0.2, 0.25) is 5.91 Å². The molecule has 0 unspecified atom stereocenters. The fourth-order valence-electron chi connectivity index (χ4n) is 2.02. The third-order valence-electron chi connectivity index (χ3n) is 2.92. The summed E-state index contributed by atoms with van der Waals surface area (Å²) < 4.78 is 0.638. The van der Waals surface area contributed by atoms with Crippen LogP contribution in [0.4, 0.5) is 5.82 Å². The molecule has 0 bridgehead atoms. The zero-order valence-corrected chi connectivity index (χ0v) is 12.9. The molecule has 1 aromatic carbocycles. The first-order valence-electron chi connectivity index (χ1n) is 5.92. The lowest BCUT2D eigenvalue weighted by atomic mass is 10.1. The van der Waals surface area contributed by atoms with E-state index in [1.165, 1.54) is 11.3 Å². The number of carbonyl (C=O) groups excluding carboxylic acids is 3. The van der Waals surface area contributed by atoms with Crippen LogP contribution in [0.15, 0.2) is 33.6 Å². The molecule has 0 radical (unpaired) electrons. The van der Waals surface area contributed by atoms with E-state index in [1.54, 1.807) is 29.6 Å². The highest BCUT2D eigenvalue weighted by Crippen LogP contribution is 2.23. The Kier molecular flexibility index (Phi) is 3.56. The van der Waals surface area contributed by atoms with Crippen molar-refractivity contribution in [2.45, 2.75) is 0 Å². The van der Waals surface area contributed by atoms with E-state index >= 15 is 0 Å². The highest BCUT2D eigenvalue weighted by molar-refractivity contribution is 9.11. The Bertz CT molecular complexity index is 724. The number of thiazole rings is 1. The van der Waals surface area contributed by atoms with Crippen LogP contribution in [0, 0.1) is 0 Å². The number of halogens is 1. The van der Waals surface area contributed by atoms with E-state index in [0.717, 1.165) is 4.90 Å². The van der Waals surface area contributed by atoms with Crippen molar-refractivity contribution >= 4 is 50.8 Å². The molecule has 106 valence electrons.